The minimum absolute atomic E-state index is 0.0409. The van der Waals surface area contributed by atoms with Gasteiger partial charge < -0.3 is 0 Å². The fourth-order valence-electron chi connectivity index (χ4n) is 2.06. The number of rotatable bonds is 3. The predicted octanol–water partition coefficient (Wildman–Crippen LogP) is 3.43. The fraction of sp³-hybridized carbons (Fsp3) is 0.462. The van der Waals surface area contributed by atoms with Crippen LogP contribution in [0.3, 0.4) is 0 Å². The summed E-state index contributed by atoms with van der Waals surface area (Å²) < 4.78 is 0. The topological polar surface area (TPSA) is 17.1 Å². The monoisotopic (exact) mass is 222 g/mol. The molecule has 0 radical (unpaired) electrons. The first kappa shape index (κ1) is 10.7. The molecule has 0 aromatic heterocycles. The summed E-state index contributed by atoms with van der Waals surface area (Å²) in [5, 5.41) is 0. The third-order valence-corrected chi connectivity index (χ3v) is 5.63. The maximum atomic E-state index is 11.7. The van der Waals surface area contributed by atoms with Gasteiger partial charge in [-0.2, -0.15) is 0 Å². The molecular weight excluding hydrogens is 204 g/mol. The Hall–Kier alpha value is -0.760. The molecule has 1 aliphatic heterocycles. The number of thiol groups is 1. The van der Waals surface area contributed by atoms with Gasteiger partial charge in [0.25, 0.3) is 0 Å². The molecule has 15 heavy (non-hydrogen) atoms. The highest BCUT2D eigenvalue weighted by Gasteiger charge is 2.21. The van der Waals surface area contributed by atoms with Gasteiger partial charge in [0.15, 0.2) is 5.78 Å². The zero-order valence-electron chi connectivity index (χ0n) is 9.20. The molecule has 1 aromatic carbocycles. The number of carbonyl (C=O) groups excluding carboxylic acids is 1. The molecule has 1 nitrogen and oxygen atoms in total. The standard InChI is InChI=1S/C13H18OS/c1-2-3-9-15-10-8-12(14)11-6-4-5-7-13(11)15/h4-7,15H,2-3,8-10H2,1H3. The maximum absolute atomic E-state index is 11.7. The van der Waals surface area contributed by atoms with Crippen LogP contribution >= 0.6 is 10.9 Å². The second-order valence-corrected chi connectivity index (χ2v) is 6.49. The van der Waals surface area contributed by atoms with Crippen molar-refractivity contribution < 1.29 is 4.79 Å². The summed E-state index contributed by atoms with van der Waals surface area (Å²) in [6.07, 6.45) is 3.33. The van der Waals surface area contributed by atoms with Crippen LogP contribution < -0.4 is 0 Å². The molecular formula is C13H18OS. The summed E-state index contributed by atoms with van der Waals surface area (Å²) in [6.45, 7) is 2.23. The van der Waals surface area contributed by atoms with Gasteiger partial charge in [0.2, 0.25) is 0 Å². The predicted molar refractivity (Wildman–Crippen MR) is 67.3 cm³/mol. The van der Waals surface area contributed by atoms with Crippen LogP contribution in [0.25, 0.3) is 0 Å². The number of hydrogen-bond acceptors (Lipinski definition) is 1. The number of ketones is 1. The molecule has 0 bridgehead atoms. The minimum atomic E-state index is -0.0409. The third kappa shape index (κ3) is 2.25. The van der Waals surface area contributed by atoms with E-state index >= 15 is 0 Å². The van der Waals surface area contributed by atoms with E-state index in [0.717, 1.165) is 17.7 Å². The lowest BCUT2D eigenvalue weighted by Crippen LogP contribution is -2.13. The Morgan fingerprint density at radius 2 is 2.13 bits per heavy atom. The average molecular weight is 222 g/mol. The first-order valence-electron chi connectivity index (χ1n) is 5.70. The molecule has 1 unspecified atom stereocenters. The summed E-state index contributed by atoms with van der Waals surface area (Å²) in [6, 6.07) is 8.21. The van der Waals surface area contributed by atoms with Crippen molar-refractivity contribution in [3.05, 3.63) is 29.8 Å². The van der Waals surface area contributed by atoms with E-state index in [-0.39, 0.29) is 10.9 Å². The molecule has 0 aliphatic carbocycles. The molecule has 0 amide bonds. The van der Waals surface area contributed by atoms with E-state index in [1.807, 2.05) is 12.1 Å². The van der Waals surface area contributed by atoms with Crippen molar-refractivity contribution in [3.63, 3.8) is 0 Å². The Bertz CT molecular complexity index is 359. The summed E-state index contributed by atoms with van der Waals surface area (Å²) in [5.74, 6) is 2.77. The summed E-state index contributed by atoms with van der Waals surface area (Å²) >= 11 is 0. The Kier molecular flexibility index (Phi) is 3.47. The van der Waals surface area contributed by atoms with E-state index in [0.29, 0.717) is 5.78 Å². The lowest BCUT2D eigenvalue weighted by molar-refractivity contribution is 0.0984. The van der Waals surface area contributed by atoms with Crippen LogP contribution in [0.15, 0.2) is 29.2 Å². The third-order valence-electron chi connectivity index (χ3n) is 2.94. The van der Waals surface area contributed by atoms with Crippen LogP contribution in [0.4, 0.5) is 0 Å². The van der Waals surface area contributed by atoms with Gasteiger partial charge in [-0.1, -0.05) is 31.5 Å². The van der Waals surface area contributed by atoms with Crippen LogP contribution in [0, 0.1) is 0 Å². The van der Waals surface area contributed by atoms with Crippen molar-refractivity contribution in [2.45, 2.75) is 31.1 Å². The number of unbranched alkanes of at least 4 members (excludes halogenated alkanes) is 1. The second-order valence-electron chi connectivity index (χ2n) is 4.03. The second kappa shape index (κ2) is 4.84. The molecule has 2 heteroatoms. The molecule has 1 heterocycles. The minimum Gasteiger partial charge on any atom is -0.294 e. The Balaban J connectivity index is 2.24. The highest BCUT2D eigenvalue weighted by Crippen LogP contribution is 2.43. The number of hydrogen-bond donors (Lipinski definition) is 1. The van der Waals surface area contributed by atoms with Crippen LogP contribution in [-0.2, 0) is 0 Å². The van der Waals surface area contributed by atoms with E-state index in [2.05, 4.69) is 19.1 Å². The Morgan fingerprint density at radius 3 is 2.93 bits per heavy atom. The molecule has 0 spiro atoms. The quantitative estimate of drug-likeness (QED) is 0.775. The molecule has 0 fully saturated rings. The molecule has 1 atom stereocenters. The highest BCUT2D eigenvalue weighted by atomic mass is 32.2. The molecule has 82 valence electrons. The van der Waals surface area contributed by atoms with Gasteiger partial charge in [-0.05, 0) is 28.9 Å². The summed E-state index contributed by atoms with van der Waals surface area (Å²) in [4.78, 5) is 13.1. The molecule has 0 N–H and O–H groups in total. The van der Waals surface area contributed by atoms with E-state index < -0.39 is 0 Å². The van der Waals surface area contributed by atoms with Crippen molar-refractivity contribution in [3.8, 4) is 0 Å². The first-order chi connectivity index (χ1) is 7.33. The van der Waals surface area contributed by atoms with Gasteiger partial charge in [-0.3, -0.25) is 4.79 Å². The number of fused-ring (bicyclic) bond motifs is 1. The number of benzene rings is 1. The fourth-order valence-corrected chi connectivity index (χ4v) is 4.77. The van der Waals surface area contributed by atoms with Gasteiger partial charge in [0.05, 0.1) is 0 Å². The van der Waals surface area contributed by atoms with Crippen molar-refractivity contribution in [2.24, 2.45) is 0 Å². The van der Waals surface area contributed by atoms with Crippen molar-refractivity contribution in [2.75, 3.05) is 11.5 Å². The molecule has 1 aromatic rings. The van der Waals surface area contributed by atoms with Crippen LogP contribution in [0.5, 0.6) is 0 Å². The molecule has 1 aliphatic rings. The first-order valence-corrected chi connectivity index (χ1v) is 7.41. The largest absolute Gasteiger partial charge is 0.294 e. The van der Waals surface area contributed by atoms with Gasteiger partial charge >= 0.3 is 0 Å². The van der Waals surface area contributed by atoms with Crippen LogP contribution in [0.1, 0.15) is 36.5 Å². The number of carbonyl (C=O) groups is 1. The summed E-state index contributed by atoms with van der Waals surface area (Å²) in [7, 11) is -0.0409. The van der Waals surface area contributed by atoms with Crippen LogP contribution in [0.2, 0.25) is 0 Å². The number of Topliss-reactive ketones (excluding diaryl/α,β-unsaturated/α-hetero) is 1. The smallest absolute Gasteiger partial charge is 0.164 e. The van der Waals surface area contributed by atoms with Gasteiger partial charge in [-0.25, -0.2) is 10.9 Å². The molecule has 2 rings (SSSR count). The zero-order chi connectivity index (χ0) is 10.7. The summed E-state index contributed by atoms with van der Waals surface area (Å²) in [5.41, 5.74) is 1.01. The lowest BCUT2D eigenvalue weighted by atomic mass is 10.1. The van der Waals surface area contributed by atoms with Gasteiger partial charge in [0, 0.05) is 12.0 Å². The lowest BCUT2D eigenvalue weighted by Gasteiger charge is -2.28. The maximum Gasteiger partial charge on any atom is 0.164 e. The molecule has 0 saturated carbocycles. The Morgan fingerprint density at radius 1 is 1.33 bits per heavy atom. The molecule has 0 saturated heterocycles. The van der Waals surface area contributed by atoms with E-state index in [4.69, 9.17) is 0 Å². The van der Waals surface area contributed by atoms with Crippen molar-refractivity contribution in [1.29, 1.82) is 0 Å². The average Bonchev–Trinajstić information content (AvgIpc) is 2.29. The van der Waals surface area contributed by atoms with E-state index in [1.165, 1.54) is 23.5 Å². The van der Waals surface area contributed by atoms with E-state index in [9.17, 15) is 4.79 Å². The Labute approximate surface area is 94.2 Å². The normalized spacial score (nSPS) is 22.5. The van der Waals surface area contributed by atoms with Crippen molar-refractivity contribution in [1.82, 2.24) is 0 Å². The van der Waals surface area contributed by atoms with Gasteiger partial charge in [0.1, 0.15) is 0 Å². The zero-order valence-corrected chi connectivity index (χ0v) is 10.1. The van der Waals surface area contributed by atoms with E-state index in [1.54, 1.807) is 0 Å². The van der Waals surface area contributed by atoms with Gasteiger partial charge in [-0.15, -0.1) is 0 Å². The SMILES string of the molecule is CCCC[SH]1CCC(=O)c2ccccc21. The van der Waals surface area contributed by atoms with Crippen LogP contribution in [-0.4, -0.2) is 17.3 Å². The van der Waals surface area contributed by atoms with Crippen molar-refractivity contribution >= 4 is 16.7 Å². The highest BCUT2D eigenvalue weighted by molar-refractivity contribution is 8.17.